The molecule has 0 amide bonds. The summed E-state index contributed by atoms with van der Waals surface area (Å²) in [4.78, 5) is 9.90. The van der Waals surface area contributed by atoms with E-state index in [4.69, 9.17) is 5.11 Å². The quantitative estimate of drug-likeness (QED) is 0.606. The van der Waals surface area contributed by atoms with Gasteiger partial charge in [0.05, 0.1) is 0 Å². The lowest BCUT2D eigenvalue weighted by Crippen LogP contribution is -1.97. The Bertz CT molecular complexity index is 108. The normalized spacial score (nSPS) is 13.7. The summed E-state index contributed by atoms with van der Waals surface area (Å²) in [6.07, 6.45) is 1.09. The first-order valence-corrected chi connectivity index (χ1v) is 4.05. The van der Waals surface area contributed by atoms with Crippen molar-refractivity contribution in [3.63, 3.8) is 0 Å². The smallest absolute Gasteiger partial charge is 0.303 e. The molecule has 0 saturated carbocycles. The van der Waals surface area contributed by atoms with Crippen molar-refractivity contribution in [1.82, 2.24) is 5.32 Å². The van der Waals surface area contributed by atoms with Gasteiger partial charge in [-0.1, -0.05) is 13.8 Å². The van der Waals surface area contributed by atoms with Crippen molar-refractivity contribution >= 4 is 5.97 Å². The van der Waals surface area contributed by atoms with Crippen molar-refractivity contribution in [3.05, 3.63) is 0 Å². The molecule has 1 rings (SSSR count). The summed E-state index contributed by atoms with van der Waals surface area (Å²) in [5, 5.41) is 11.2. The van der Waals surface area contributed by atoms with E-state index in [0.29, 0.717) is 12.3 Å². The van der Waals surface area contributed by atoms with Crippen molar-refractivity contribution in [2.75, 3.05) is 13.1 Å². The van der Waals surface area contributed by atoms with Gasteiger partial charge in [-0.25, -0.2) is 0 Å². The maximum atomic E-state index is 9.90. The standard InChI is InChI=1S/C6H12O2.C2H5N/c1-5(2)3-4-6(7)8;1-2-3-1/h5H,3-4H2,1-2H3,(H,7,8);3H,1-2H2. The van der Waals surface area contributed by atoms with Crippen LogP contribution in [0, 0.1) is 5.92 Å². The Kier molecular flexibility index (Phi) is 5.84. The van der Waals surface area contributed by atoms with Gasteiger partial charge in [-0.3, -0.25) is 4.79 Å². The van der Waals surface area contributed by atoms with E-state index in [1.165, 1.54) is 13.1 Å². The Morgan fingerprint density at radius 3 is 2.09 bits per heavy atom. The van der Waals surface area contributed by atoms with Gasteiger partial charge in [0, 0.05) is 19.5 Å². The molecule has 0 unspecified atom stereocenters. The molecule has 1 aliphatic heterocycles. The average molecular weight is 159 g/mol. The topological polar surface area (TPSA) is 59.2 Å². The van der Waals surface area contributed by atoms with Crippen LogP contribution in [0.1, 0.15) is 26.7 Å². The van der Waals surface area contributed by atoms with Crippen LogP contribution in [0.2, 0.25) is 0 Å². The van der Waals surface area contributed by atoms with E-state index < -0.39 is 5.97 Å². The van der Waals surface area contributed by atoms with Gasteiger partial charge in [0.15, 0.2) is 0 Å². The molecular formula is C8H17NO2. The summed E-state index contributed by atoms with van der Waals surface area (Å²) in [6.45, 7) is 6.53. The summed E-state index contributed by atoms with van der Waals surface area (Å²) in [6, 6.07) is 0. The molecule has 2 N–H and O–H groups in total. The number of carboxylic acids is 1. The SMILES string of the molecule is C1CN1.CC(C)CCC(=O)O. The molecule has 0 spiro atoms. The van der Waals surface area contributed by atoms with E-state index in [1.54, 1.807) is 0 Å². The van der Waals surface area contributed by atoms with E-state index in [2.05, 4.69) is 5.32 Å². The zero-order valence-corrected chi connectivity index (χ0v) is 7.26. The summed E-state index contributed by atoms with van der Waals surface area (Å²) in [7, 11) is 0. The van der Waals surface area contributed by atoms with Gasteiger partial charge in [0.2, 0.25) is 0 Å². The number of aliphatic carboxylic acids is 1. The molecule has 1 saturated heterocycles. The maximum Gasteiger partial charge on any atom is 0.303 e. The van der Waals surface area contributed by atoms with Crippen molar-refractivity contribution < 1.29 is 9.90 Å². The molecule has 11 heavy (non-hydrogen) atoms. The van der Waals surface area contributed by atoms with Crippen molar-refractivity contribution in [3.8, 4) is 0 Å². The van der Waals surface area contributed by atoms with Crippen LogP contribution < -0.4 is 5.32 Å². The Labute approximate surface area is 67.8 Å². The first-order valence-electron chi connectivity index (χ1n) is 4.05. The summed E-state index contributed by atoms with van der Waals surface area (Å²) < 4.78 is 0. The first kappa shape index (κ1) is 10.4. The van der Waals surface area contributed by atoms with Crippen molar-refractivity contribution in [1.29, 1.82) is 0 Å². The maximum absolute atomic E-state index is 9.90. The zero-order valence-electron chi connectivity index (χ0n) is 7.26. The number of carboxylic acid groups (broad SMARTS) is 1. The van der Waals surface area contributed by atoms with Gasteiger partial charge in [0.25, 0.3) is 0 Å². The zero-order chi connectivity index (χ0) is 8.69. The minimum absolute atomic E-state index is 0.303. The van der Waals surface area contributed by atoms with E-state index >= 15 is 0 Å². The largest absolute Gasteiger partial charge is 0.481 e. The third-order valence-corrected chi connectivity index (χ3v) is 1.19. The van der Waals surface area contributed by atoms with E-state index in [1.807, 2.05) is 13.8 Å². The second-order valence-electron chi connectivity index (χ2n) is 3.08. The molecule has 0 atom stereocenters. The van der Waals surface area contributed by atoms with Gasteiger partial charge in [-0.2, -0.15) is 0 Å². The average Bonchev–Trinajstić information content (AvgIpc) is 2.67. The molecule has 0 aromatic rings. The number of rotatable bonds is 3. The fourth-order valence-electron chi connectivity index (χ4n) is 0.412. The monoisotopic (exact) mass is 159 g/mol. The molecule has 66 valence electrons. The summed E-state index contributed by atoms with van der Waals surface area (Å²) >= 11 is 0. The van der Waals surface area contributed by atoms with E-state index in [9.17, 15) is 4.79 Å². The van der Waals surface area contributed by atoms with E-state index in [-0.39, 0.29) is 0 Å². The third kappa shape index (κ3) is 17.7. The van der Waals surface area contributed by atoms with Gasteiger partial charge in [-0.05, 0) is 12.3 Å². The Hall–Kier alpha value is -0.570. The molecule has 1 fully saturated rings. The van der Waals surface area contributed by atoms with Crippen LogP contribution >= 0.6 is 0 Å². The van der Waals surface area contributed by atoms with Gasteiger partial charge in [0.1, 0.15) is 0 Å². The van der Waals surface area contributed by atoms with Crippen LogP contribution in [0.4, 0.5) is 0 Å². The van der Waals surface area contributed by atoms with Crippen LogP contribution in [0.3, 0.4) is 0 Å². The minimum atomic E-state index is -0.696. The molecule has 0 radical (unpaired) electrons. The predicted octanol–water partition coefficient (Wildman–Crippen LogP) is 1.10. The number of carbonyl (C=O) groups is 1. The van der Waals surface area contributed by atoms with Gasteiger partial charge < -0.3 is 10.4 Å². The van der Waals surface area contributed by atoms with Gasteiger partial charge in [-0.15, -0.1) is 0 Å². The van der Waals surface area contributed by atoms with Crippen LogP contribution in [0.15, 0.2) is 0 Å². The van der Waals surface area contributed by atoms with Crippen molar-refractivity contribution in [2.24, 2.45) is 5.92 Å². The van der Waals surface area contributed by atoms with Crippen LogP contribution in [-0.2, 0) is 4.79 Å². The third-order valence-electron chi connectivity index (χ3n) is 1.19. The van der Waals surface area contributed by atoms with Gasteiger partial charge >= 0.3 is 5.97 Å². The number of hydrogen-bond donors (Lipinski definition) is 2. The number of hydrogen-bond acceptors (Lipinski definition) is 2. The molecule has 1 heterocycles. The molecule has 0 aromatic heterocycles. The highest BCUT2D eigenvalue weighted by Crippen LogP contribution is 2.01. The second kappa shape index (κ2) is 6.16. The van der Waals surface area contributed by atoms with Crippen molar-refractivity contribution in [2.45, 2.75) is 26.7 Å². The van der Waals surface area contributed by atoms with Crippen LogP contribution in [0.5, 0.6) is 0 Å². The second-order valence-corrected chi connectivity index (χ2v) is 3.08. The Balaban J connectivity index is 0.000000271. The lowest BCUT2D eigenvalue weighted by atomic mass is 10.1. The predicted molar refractivity (Wildman–Crippen MR) is 44.6 cm³/mol. The summed E-state index contributed by atoms with van der Waals surface area (Å²) in [5.74, 6) is -0.190. The number of nitrogens with one attached hydrogen (secondary N) is 1. The molecule has 0 aromatic carbocycles. The Morgan fingerprint density at radius 1 is 1.55 bits per heavy atom. The molecule has 1 aliphatic rings. The Morgan fingerprint density at radius 2 is 2.00 bits per heavy atom. The summed E-state index contributed by atoms with van der Waals surface area (Å²) in [5.41, 5.74) is 0. The molecule has 3 heteroatoms. The van der Waals surface area contributed by atoms with Crippen LogP contribution in [-0.4, -0.2) is 24.2 Å². The fraction of sp³-hybridized carbons (Fsp3) is 0.875. The minimum Gasteiger partial charge on any atom is -0.481 e. The molecule has 0 aliphatic carbocycles. The fourth-order valence-corrected chi connectivity index (χ4v) is 0.412. The molecular weight excluding hydrogens is 142 g/mol. The lowest BCUT2D eigenvalue weighted by molar-refractivity contribution is -0.137. The molecule has 3 nitrogen and oxygen atoms in total. The lowest BCUT2D eigenvalue weighted by Gasteiger charge is -1.97. The highest BCUT2D eigenvalue weighted by molar-refractivity contribution is 5.66. The highest BCUT2D eigenvalue weighted by atomic mass is 16.4. The highest BCUT2D eigenvalue weighted by Gasteiger charge is 1.97. The molecule has 0 bridgehead atoms. The van der Waals surface area contributed by atoms with E-state index in [0.717, 1.165) is 6.42 Å². The first-order chi connectivity index (χ1) is 5.13. The van der Waals surface area contributed by atoms with Crippen LogP contribution in [0.25, 0.3) is 0 Å².